The highest BCUT2D eigenvalue weighted by Gasteiger charge is 2.37. The lowest BCUT2D eigenvalue weighted by Gasteiger charge is -2.25. The molecule has 0 aromatic rings. The van der Waals surface area contributed by atoms with Crippen LogP contribution >= 0.6 is 0 Å². The van der Waals surface area contributed by atoms with Crippen LogP contribution in [0.3, 0.4) is 0 Å². The van der Waals surface area contributed by atoms with Gasteiger partial charge in [-0.05, 0) is 25.2 Å². The summed E-state index contributed by atoms with van der Waals surface area (Å²) >= 11 is 0. The first kappa shape index (κ1) is 9.01. The van der Waals surface area contributed by atoms with Crippen molar-refractivity contribution in [3.05, 3.63) is 0 Å². The van der Waals surface area contributed by atoms with E-state index in [9.17, 15) is 0 Å². The van der Waals surface area contributed by atoms with E-state index in [1.54, 1.807) is 7.11 Å². The molecule has 0 aromatic heterocycles. The van der Waals surface area contributed by atoms with Gasteiger partial charge in [-0.3, -0.25) is 0 Å². The molecule has 0 aliphatic heterocycles. The maximum absolute atomic E-state index is 5.67. The highest BCUT2D eigenvalue weighted by atomic mass is 16.5. The lowest BCUT2D eigenvalue weighted by Crippen LogP contribution is -2.37. The van der Waals surface area contributed by atoms with Gasteiger partial charge in [-0.15, -0.1) is 0 Å². The predicted octanol–water partition coefficient (Wildman–Crippen LogP) is 1.54. The largest absolute Gasteiger partial charge is 0.377 e. The van der Waals surface area contributed by atoms with Crippen molar-refractivity contribution in [3.8, 4) is 0 Å². The SMILES string of the molecule is CCC1CCC(CN)(OC)C1. The van der Waals surface area contributed by atoms with E-state index in [0.717, 1.165) is 18.8 Å². The highest BCUT2D eigenvalue weighted by Crippen LogP contribution is 2.37. The molecule has 1 aliphatic rings. The van der Waals surface area contributed by atoms with Gasteiger partial charge in [0, 0.05) is 13.7 Å². The van der Waals surface area contributed by atoms with Crippen LogP contribution in [0.1, 0.15) is 32.6 Å². The molecule has 2 unspecified atom stereocenters. The topological polar surface area (TPSA) is 35.2 Å². The summed E-state index contributed by atoms with van der Waals surface area (Å²) in [5.74, 6) is 0.846. The lowest BCUT2D eigenvalue weighted by molar-refractivity contribution is 0.000347. The Morgan fingerprint density at radius 3 is 2.64 bits per heavy atom. The van der Waals surface area contributed by atoms with Crippen molar-refractivity contribution in [1.82, 2.24) is 0 Å². The molecule has 0 amide bonds. The first-order chi connectivity index (χ1) is 5.26. The molecule has 0 bridgehead atoms. The number of hydrogen-bond acceptors (Lipinski definition) is 2. The third-order valence-electron chi connectivity index (χ3n) is 3.05. The van der Waals surface area contributed by atoms with Gasteiger partial charge >= 0.3 is 0 Å². The molecule has 0 radical (unpaired) electrons. The fourth-order valence-corrected chi connectivity index (χ4v) is 2.00. The fraction of sp³-hybridized carbons (Fsp3) is 1.00. The normalized spacial score (nSPS) is 37.9. The molecule has 66 valence electrons. The molecule has 2 heteroatoms. The zero-order valence-corrected chi connectivity index (χ0v) is 7.60. The molecule has 0 saturated heterocycles. The quantitative estimate of drug-likeness (QED) is 0.674. The number of methoxy groups -OCH3 is 1. The number of nitrogens with two attached hydrogens (primary N) is 1. The van der Waals surface area contributed by atoms with Gasteiger partial charge in [0.25, 0.3) is 0 Å². The van der Waals surface area contributed by atoms with Gasteiger partial charge in [0.1, 0.15) is 0 Å². The van der Waals surface area contributed by atoms with E-state index in [2.05, 4.69) is 6.92 Å². The molecule has 2 nitrogen and oxygen atoms in total. The second-order valence-corrected chi connectivity index (χ2v) is 3.61. The Morgan fingerprint density at radius 1 is 1.64 bits per heavy atom. The Hall–Kier alpha value is -0.0800. The second kappa shape index (κ2) is 3.55. The number of rotatable bonds is 3. The van der Waals surface area contributed by atoms with Crippen LogP contribution in [0.2, 0.25) is 0 Å². The van der Waals surface area contributed by atoms with Gasteiger partial charge in [0.05, 0.1) is 5.60 Å². The lowest BCUT2D eigenvalue weighted by atomic mass is 9.99. The van der Waals surface area contributed by atoms with E-state index in [0.29, 0.717) is 6.54 Å². The van der Waals surface area contributed by atoms with E-state index >= 15 is 0 Å². The van der Waals surface area contributed by atoms with Crippen molar-refractivity contribution in [2.45, 2.75) is 38.2 Å². The predicted molar refractivity (Wildman–Crippen MR) is 46.4 cm³/mol. The third kappa shape index (κ3) is 1.74. The summed E-state index contributed by atoms with van der Waals surface area (Å²) in [6, 6.07) is 0. The van der Waals surface area contributed by atoms with Crippen LogP contribution in [-0.4, -0.2) is 19.3 Å². The first-order valence-corrected chi connectivity index (χ1v) is 4.51. The van der Waals surface area contributed by atoms with Crippen LogP contribution in [0.4, 0.5) is 0 Å². The minimum atomic E-state index is 0.0284. The van der Waals surface area contributed by atoms with Gasteiger partial charge in [-0.2, -0.15) is 0 Å². The summed E-state index contributed by atoms with van der Waals surface area (Å²) in [6.07, 6.45) is 4.88. The van der Waals surface area contributed by atoms with Gasteiger partial charge < -0.3 is 10.5 Å². The summed E-state index contributed by atoms with van der Waals surface area (Å²) in [7, 11) is 1.78. The van der Waals surface area contributed by atoms with Crippen molar-refractivity contribution in [3.63, 3.8) is 0 Å². The highest BCUT2D eigenvalue weighted by molar-refractivity contribution is 4.90. The van der Waals surface area contributed by atoms with Crippen molar-refractivity contribution >= 4 is 0 Å². The van der Waals surface area contributed by atoms with Crippen molar-refractivity contribution in [2.24, 2.45) is 11.7 Å². The zero-order valence-electron chi connectivity index (χ0n) is 7.60. The Morgan fingerprint density at radius 2 is 2.36 bits per heavy atom. The van der Waals surface area contributed by atoms with Crippen LogP contribution in [0.25, 0.3) is 0 Å². The molecule has 1 rings (SSSR count). The number of ether oxygens (including phenoxy) is 1. The van der Waals surface area contributed by atoms with Crippen LogP contribution in [-0.2, 0) is 4.74 Å². The Bertz CT molecular complexity index is 121. The summed E-state index contributed by atoms with van der Waals surface area (Å²) < 4.78 is 5.46. The molecule has 0 heterocycles. The van der Waals surface area contributed by atoms with Crippen molar-refractivity contribution < 1.29 is 4.74 Å². The van der Waals surface area contributed by atoms with Gasteiger partial charge in [-0.1, -0.05) is 13.3 Å². The van der Waals surface area contributed by atoms with Gasteiger partial charge in [0.2, 0.25) is 0 Å². The monoisotopic (exact) mass is 157 g/mol. The molecule has 1 fully saturated rings. The van der Waals surface area contributed by atoms with Gasteiger partial charge in [-0.25, -0.2) is 0 Å². The fourth-order valence-electron chi connectivity index (χ4n) is 2.00. The maximum atomic E-state index is 5.67. The van der Waals surface area contributed by atoms with E-state index < -0.39 is 0 Å². The summed E-state index contributed by atoms with van der Waals surface area (Å²) in [6.45, 7) is 2.92. The zero-order chi connectivity index (χ0) is 8.32. The van der Waals surface area contributed by atoms with Crippen LogP contribution in [0.5, 0.6) is 0 Å². The van der Waals surface area contributed by atoms with Crippen LogP contribution in [0, 0.1) is 5.92 Å². The van der Waals surface area contributed by atoms with E-state index in [1.807, 2.05) is 0 Å². The minimum Gasteiger partial charge on any atom is -0.377 e. The summed E-state index contributed by atoms with van der Waals surface area (Å²) in [4.78, 5) is 0. The molecule has 1 saturated carbocycles. The standard InChI is InChI=1S/C9H19NO/c1-3-8-4-5-9(6-8,7-10)11-2/h8H,3-7,10H2,1-2H3. The average molecular weight is 157 g/mol. The Labute approximate surface area is 69.1 Å². The Kier molecular flexibility index (Phi) is 2.90. The molecule has 1 aliphatic carbocycles. The average Bonchev–Trinajstić information content (AvgIpc) is 2.49. The molecular formula is C9H19NO. The number of hydrogen-bond donors (Lipinski definition) is 1. The van der Waals surface area contributed by atoms with Crippen LogP contribution < -0.4 is 5.73 Å². The first-order valence-electron chi connectivity index (χ1n) is 4.51. The molecule has 2 atom stereocenters. The van der Waals surface area contributed by atoms with E-state index in [-0.39, 0.29) is 5.60 Å². The van der Waals surface area contributed by atoms with E-state index in [1.165, 1.54) is 12.8 Å². The van der Waals surface area contributed by atoms with Crippen LogP contribution in [0.15, 0.2) is 0 Å². The smallest absolute Gasteiger partial charge is 0.0803 e. The van der Waals surface area contributed by atoms with Crippen molar-refractivity contribution in [2.75, 3.05) is 13.7 Å². The van der Waals surface area contributed by atoms with Crippen molar-refractivity contribution in [1.29, 1.82) is 0 Å². The van der Waals surface area contributed by atoms with E-state index in [4.69, 9.17) is 10.5 Å². The molecular weight excluding hydrogens is 138 g/mol. The summed E-state index contributed by atoms with van der Waals surface area (Å²) in [5.41, 5.74) is 5.70. The molecule has 11 heavy (non-hydrogen) atoms. The Balaban J connectivity index is 2.48. The third-order valence-corrected chi connectivity index (χ3v) is 3.05. The van der Waals surface area contributed by atoms with Gasteiger partial charge in [0.15, 0.2) is 0 Å². The minimum absolute atomic E-state index is 0.0284. The molecule has 0 spiro atoms. The molecule has 0 aromatic carbocycles. The molecule has 2 N–H and O–H groups in total. The second-order valence-electron chi connectivity index (χ2n) is 3.61. The maximum Gasteiger partial charge on any atom is 0.0803 e. The summed E-state index contributed by atoms with van der Waals surface area (Å²) in [5, 5.41) is 0.